The van der Waals surface area contributed by atoms with Crippen molar-refractivity contribution in [2.24, 2.45) is 11.3 Å². The van der Waals surface area contributed by atoms with Gasteiger partial charge in [-0.25, -0.2) is 4.98 Å². The van der Waals surface area contributed by atoms with Gasteiger partial charge in [0.25, 0.3) is 0 Å². The van der Waals surface area contributed by atoms with E-state index < -0.39 is 16.8 Å². The highest BCUT2D eigenvalue weighted by molar-refractivity contribution is 6.01. The van der Waals surface area contributed by atoms with Crippen LogP contribution < -0.4 is 10.2 Å². The van der Waals surface area contributed by atoms with Crippen LogP contribution in [0.25, 0.3) is 0 Å². The van der Waals surface area contributed by atoms with E-state index in [0.29, 0.717) is 37.6 Å². The second-order valence-electron chi connectivity index (χ2n) is 9.33. The molecule has 8 heteroatoms. The van der Waals surface area contributed by atoms with E-state index in [1.165, 1.54) is 0 Å². The van der Waals surface area contributed by atoms with Gasteiger partial charge in [-0.05, 0) is 48.9 Å². The maximum Gasteiger partial charge on any atom is 0.314 e. The predicted molar refractivity (Wildman–Crippen MR) is 124 cm³/mol. The molecule has 1 aromatic carbocycles. The molecule has 8 nitrogen and oxygen atoms in total. The van der Waals surface area contributed by atoms with Gasteiger partial charge < -0.3 is 10.4 Å². The lowest BCUT2D eigenvalue weighted by Crippen LogP contribution is -2.37. The molecular formula is C25H29N5O3. The van der Waals surface area contributed by atoms with Crippen LogP contribution >= 0.6 is 0 Å². The average molecular weight is 448 g/mol. The zero-order valence-corrected chi connectivity index (χ0v) is 19.0. The summed E-state index contributed by atoms with van der Waals surface area (Å²) in [5.41, 5.74) is -0.284. The Balaban J connectivity index is 1.52. The quantitative estimate of drug-likeness (QED) is 0.673. The summed E-state index contributed by atoms with van der Waals surface area (Å²) in [6.45, 7) is 4.22. The Hall–Kier alpha value is -3.47. The number of nitriles is 1. The number of carboxylic acid groups (broad SMARTS) is 1. The molecule has 0 radical (unpaired) electrons. The molecule has 1 atom stereocenters. The minimum absolute atomic E-state index is 0.0868. The second kappa shape index (κ2) is 8.81. The molecule has 33 heavy (non-hydrogen) atoms. The summed E-state index contributed by atoms with van der Waals surface area (Å²) in [6, 6.07) is 11.3. The number of carbonyl (C=O) groups excluding carboxylic acids is 1. The molecule has 1 saturated carbocycles. The smallest absolute Gasteiger partial charge is 0.314 e. The van der Waals surface area contributed by atoms with Gasteiger partial charge in [-0.2, -0.15) is 10.2 Å². The molecule has 2 heterocycles. The van der Waals surface area contributed by atoms with Gasteiger partial charge in [0.2, 0.25) is 11.9 Å². The molecule has 2 aromatic rings. The number of rotatable bonds is 6. The van der Waals surface area contributed by atoms with Crippen molar-refractivity contribution in [1.29, 1.82) is 5.26 Å². The van der Waals surface area contributed by atoms with Gasteiger partial charge in [0.05, 0.1) is 11.5 Å². The summed E-state index contributed by atoms with van der Waals surface area (Å²) < 4.78 is 0. The first-order valence-corrected chi connectivity index (χ1v) is 11.5. The molecule has 2 aliphatic rings. The van der Waals surface area contributed by atoms with E-state index in [4.69, 9.17) is 0 Å². The number of anilines is 3. The molecule has 1 saturated heterocycles. The van der Waals surface area contributed by atoms with Crippen molar-refractivity contribution in [1.82, 2.24) is 9.97 Å². The zero-order chi connectivity index (χ0) is 23.6. The number of nitrogens with zero attached hydrogens (tertiary/aromatic N) is 4. The summed E-state index contributed by atoms with van der Waals surface area (Å²) in [4.78, 5) is 35.4. The molecule has 1 aliphatic carbocycles. The molecule has 1 aliphatic heterocycles. The standard InChI is InChI=1S/C25H29N5O3/c1-17(2)25(16-26)13-15-30(21(25)31)20-10-14-27-23(29-20)28-19-8-6-18(7-9-19)24(22(32)33)11-4-3-5-12-24/h6-10,14,17H,3-5,11-13,15H2,1-2H3,(H,32,33)(H,27,28,29)/t25-/m1/s1. The molecule has 172 valence electrons. The topological polar surface area (TPSA) is 119 Å². The third-order valence-corrected chi connectivity index (χ3v) is 7.27. The first-order chi connectivity index (χ1) is 15.8. The van der Waals surface area contributed by atoms with Crippen LogP contribution in [0.5, 0.6) is 0 Å². The van der Waals surface area contributed by atoms with Crippen molar-refractivity contribution >= 4 is 29.3 Å². The average Bonchev–Trinajstić information content (AvgIpc) is 3.17. The highest BCUT2D eigenvalue weighted by Gasteiger charge is 2.50. The van der Waals surface area contributed by atoms with Crippen LogP contribution in [0.15, 0.2) is 36.5 Å². The maximum absolute atomic E-state index is 13.0. The Morgan fingerprint density at radius 2 is 1.85 bits per heavy atom. The largest absolute Gasteiger partial charge is 0.481 e. The number of carbonyl (C=O) groups is 2. The lowest BCUT2D eigenvalue weighted by molar-refractivity contribution is -0.145. The summed E-state index contributed by atoms with van der Waals surface area (Å²) in [5, 5.41) is 22.7. The summed E-state index contributed by atoms with van der Waals surface area (Å²) >= 11 is 0. The van der Waals surface area contributed by atoms with Crippen molar-refractivity contribution in [3.8, 4) is 6.07 Å². The summed E-state index contributed by atoms with van der Waals surface area (Å²) in [6.07, 6.45) is 6.29. The van der Waals surface area contributed by atoms with Crippen LogP contribution in [0.1, 0.15) is 57.9 Å². The molecule has 1 amide bonds. The van der Waals surface area contributed by atoms with E-state index in [1.807, 2.05) is 38.1 Å². The van der Waals surface area contributed by atoms with Crippen LogP contribution in [0.2, 0.25) is 0 Å². The van der Waals surface area contributed by atoms with Crippen LogP contribution in [0.4, 0.5) is 17.5 Å². The van der Waals surface area contributed by atoms with Gasteiger partial charge in [-0.15, -0.1) is 0 Å². The normalized spacial score (nSPS) is 22.2. The Labute approximate surface area is 193 Å². The number of carboxylic acids is 1. The summed E-state index contributed by atoms with van der Waals surface area (Å²) in [7, 11) is 0. The lowest BCUT2D eigenvalue weighted by Gasteiger charge is -2.33. The monoisotopic (exact) mass is 447 g/mol. The molecule has 1 aromatic heterocycles. The van der Waals surface area contributed by atoms with Crippen LogP contribution in [0, 0.1) is 22.7 Å². The molecule has 0 spiro atoms. The van der Waals surface area contributed by atoms with Gasteiger partial charge in [-0.1, -0.05) is 45.2 Å². The third kappa shape index (κ3) is 3.92. The van der Waals surface area contributed by atoms with E-state index in [1.54, 1.807) is 17.2 Å². The molecular weight excluding hydrogens is 418 g/mol. The number of benzene rings is 1. The Bertz CT molecular complexity index is 1090. The Morgan fingerprint density at radius 3 is 2.42 bits per heavy atom. The molecule has 0 bridgehead atoms. The van der Waals surface area contributed by atoms with Crippen LogP contribution in [-0.2, 0) is 15.0 Å². The predicted octanol–water partition coefficient (Wildman–Crippen LogP) is 4.41. The number of aliphatic carboxylic acids is 1. The highest BCUT2D eigenvalue weighted by Crippen LogP contribution is 2.41. The van der Waals surface area contributed by atoms with E-state index in [2.05, 4.69) is 21.4 Å². The van der Waals surface area contributed by atoms with Gasteiger partial charge in [0.15, 0.2) is 0 Å². The van der Waals surface area contributed by atoms with Gasteiger partial charge in [-0.3, -0.25) is 14.5 Å². The number of hydrogen-bond acceptors (Lipinski definition) is 6. The van der Waals surface area contributed by atoms with Crippen molar-refractivity contribution in [3.05, 3.63) is 42.1 Å². The summed E-state index contributed by atoms with van der Waals surface area (Å²) in [5.74, 6) is -0.280. The van der Waals surface area contributed by atoms with E-state index >= 15 is 0 Å². The third-order valence-electron chi connectivity index (χ3n) is 7.27. The van der Waals surface area contributed by atoms with Gasteiger partial charge in [0.1, 0.15) is 11.2 Å². The minimum atomic E-state index is -1.02. The van der Waals surface area contributed by atoms with Crippen LogP contribution in [0.3, 0.4) is 0 Å². The fourth-order valence-electron chi connectivity index (χ4n) is 5.07. The molecule has 2 fully saturated rings. The Morgan fingerprint density at radius 1 is 1.15 bits per heavy atom. The molecule has 0 unspecified atom stereocenters. The molecule has 2 N–H and O–H groups in total. The first-order valence-electron chi connectivity index (χ1n) is 11.5. The molecule has 4 rings (SSSR count). The zero-order valence-electron chi connectivity index (χ0n) is 19.0. The number of amides is 1. The van der Waals surface area contributed by atoms with E-state index in [9.17, 15) is 20.0 Å². The fraction of sp³-hybridized carbons (Fsp3) is 0.480. The lowest BCUT2D eigenvalue weighted by atomic mass is 9.69. The number of aromatic nitrogens is 2. The van der Waals surface area contributed by atoms with E-state index in [0.717, 1.165) is 30.5 Å². The van der Waals surface area contributed by atoms with Crippen molar-refractivity contribution in [2.75, 3.05) is 16.8 Å². The number of hydrogen-bond donors (Lipinski definition) is 2. The number of nitrogens with one attached hydrogen (secondary N) is 1. The second-order valence-corrected chi connectivity index (χ2v) is 9.33. The fourth-order valence-corrected chi connectivity index (χ4v) is 5.07. The first kappa shape index (κ1) is 22.7. The van der Waals surface area contributed by atoms with Crippen LogP contribution in [-0.4, -0.2) is 33.5 Å². The van der Waals surface area contributed by atoms with E-state index in [-0.39, 0.29) is 11.8 Å². The Kier molecular flexibility index (Phi) is 6.07. The van der Waals surface area contributed by atoms with Crippen molar-refractivity contribution in [2.45, 2.75) is 57.8 Å². The van der Waals surface area contributed by atoms with Crippen molar-refractivity contribution in [3.63, 3.8) is 0 Å². The maximum atomic E-state index is 13.0. The highest BCUT2D eigenvalue weighted by atomic mass is 16.4. The van der Waals surface area contributed by atoms with Crippen molar-refractivity contribution < 1.29 is 14.7 Å². The van der Waals surface area contributed by atoms with Gasteiger partial charge in [0, 0.05) is 18.4 Å². The SMILES string of the molecule is CC(C)[C@]1(C#N)CCN(c2ccnc(Nc3ccc(C4(C(=O)O)CCCCC4)cc3)n2)C1=O. The minimum Gasteiger partial charge on any atom is -0.481 e. The van der Waals surface area contributed by atoms with Gasteiger partial charge >= 0.3 is 5.97 Å².